The zero-order chi connectivity index (χ0) is 11.7. The number of ether oxygens (including phenoxy) is 1. The Labute approximate surface area is 108 Å². The lowest BCUT2D eigenvalue weighted by atomic mass is 10.3. The van der Waals surface area contributed by atoms with Crippen LogP contribution < -0.4 is 0 Å². The Balaban J connectivity index is 2.62. The smallest absolute Gasteiger partial charge is 0.303 e. The molecule has 2 aromatic heterocycles. The van der Waals surface area contributed by atoms with Gasteiger partial charge in [0.15, 0.2) is 5.65 Å². The van der Waals surface area contributed by atoms with Crippen LogP contribution in [-0.2, 0) is 22.5 Å². The summed E-state index contributed by atoms with van der Waals surface area (Å²) < 4.78 is 18.9. The Bertz CT molecular complexity index is 515. The zero-order valence-electron chi connectivity index (χ0n) is 8.69. The zero-order valence-corrected chi connectivity index (χ0v) is 11.9. The summed E-state index contributed by atoms with van der Waals surface area (Å²) in [4.78, 5) is 8.42. The van der Waals surface area contributed by atoms with E-state index in [1.807, 2.05) is 0 Å². The van der Waals surface area contributed by atoms with Crippen LogP contribution in [0, 0.1) is 0 Å². The molecule has 0 saturated carbocycles. The fraction of sp³-hybridized carbons (Fsp3) is 0.333. The van der Waals surface area contributed by atoms with E-state index in [0.717, 1.165) is 14.7 Å². The van der Waals surface area contributed by atoms with Crippen molar-refractivity contribution in [1.29, 1.82) is 0 Å². The number of thiazole rings is 1. The van der Waals surface area contributed by atoms with Crippen molar-refractivity contribution in [3.05, 3.63) is 16.2 Å². The molecule has 0 aliphatic carbocycles. The molecule has 0 spiro atoms. The molecule has 2 aromatic rings. The van der Waals surface area contributed by atoms with E-state index in [9.17, 15) is 4.55 Å². The van der Waals surface area contributed by atoms with E-state index in [2.05, 4.69) is 25.9 Å². The summed E-state index contributed by atoms with van der Waals surface area (Å²) in [6.45, 7) is 0.484. The number of methoxy groups -OCH3 is 1. The predicted molar refractivity (Wildman–Crippen MR) is 68.2 cm³/mol. The molecule has 4 nitrogen and oxygen atoms in total. The minimum absolute atomic E-state index is 0.484. The highest BCUT2D eigenvalue weighted by atomic mass is 79.9. The maximum absolute atomic E-state index is 11.4. The third-order valence-electron chi connectivity index (χ3n) is 1.99. The summed E-state index contributed by atoms with van der Waals surface area (Å²) >= 11 is 3.76. The fourth-order valence-corrected chi connectivity index (χ4v) is 3.55. The molecule has 0 saturated heterocycles. The number of nitrogens with zero attached hydrogens (tertiary/aromatic N) is 2. The lowest BCUT2D eigenvalue weighted by molar-refractivity contribution is 0.185. The number of hydrogen-bond donors (Lipinski definition) is 0. The molecule has 1 atom stereocenters. The predicted octanol–water partition coefficient (Wildman–Crippen LogP) is 2.34. The van der Waals surface area contributed by atoms with E-state index in [-0.39, 0.29) is 0 Å². The molecule has 1 unspecified atom stereocenters. The van der Waals surface area contributed by atoms with Crippen molar-refractivity contribution in [3.8, 4) is 0 Å². The molecule has 0 bridgehead atoms. The number of fused-ring (bicyclic) bond motifs is 1. The summed E-state index contributed by atoms with van der Waals surface area (Å²) in [5.74, 6) is 0. The van der Waals surface area contributed by atoms with Crippen molar-refractivity contribution < 1.29 is 9.29 Å². The summed E-state index contributed by atoms with van der Waals surface area (Å²) in [6, 6.07) is 0. The van der Waals surface area contributed by atoms with Crippen molar-refractivity contribution in [2.75, 3.05) is 13.4 Å². The molecule has 16 heavy (non-hydrogen) atoms. The molecule has 0 fully saturated rings. The quantitative estimate of drug-likeness (QED) is 0.814. The third-order valence-corrected chi connectivity index (χ3v) is 5.11. The topological polar surface area (TPSA) is 58.1 Å². The van der Waals surface area contributed by atoms with E-state index < -0.39 is 11.2 Å². The largest absolute Gasteiger partial charge is 0.610 e. The van der Waals surface area contributed by atoms with Crippen LogP contribution in [0.15, 0.2) is 15.0 Å². The van der Waals surface area contributed by atoms with Gasteiger partial charge in [-0.2, -0.15) is 4.98 Å². The highest BCUT2D eigenvalue weighted by Gasteiger charge is 2.17. The van der Waals surface area contributed by atoms with Gasteiger partial charge < -0.3 is 9.29 Å². The van der Waals surface area contributed by atoms with E-state index in [1.165, 1.54) is 11.3 Å². The molecule has 0 aliphatic heterocycles. The Morgan fingerprint density at radius 3 is 3.00 bits per heavy atom. The van der Waals surface area contributed by atoms with Crippen molar-refractivity contribution in [2.24, 2.45) is 0 Å². The second-order valence-corrected chi connectivity index (χ2v) is 6.51. The van der Waals surface area contributed by atoms with Crippen molar-refractivity contribution in [2.45, 2.75) is 10.9 Å². The Hall–Kier alpha value is -0.210. The molecule has 86 valence electrons. The van der Waals surface area contributed by atoms with Gasteiger partial charge in [0.05, 0.1) is 11.3 Å². The molecule has 0 aromatic carbocycles. The molecule has 0 amide bonds. The van der Waals surface area contributed by atoms with Gasteiger partial charge in [-0.3, -0.25) is 0 Å². The number of hydrogen-bond acceptors (Lipinski definition) is 5. The Morgan fingerprint density at radius 2 is 2.38 bits per heavy atom. The van der Waals surface area contributed by atoms with Crippen LogP contribution in [0.4, 0.5) is 0 Å². The van der Waals surface area contributed by atoms with Gasteiger partial charge in [-0.1, -0.05) is 11.3 Å². The average Bonchev–Trinajstić information content (AvgIpc) is 2.66. The first-order valence-electron chi connectivity index (χ1n) is 4.39. The monoisotopic (exact) mass is 320 g/mol. The average molecular weight is 321 g/mol. The normalized spacial score (nSPS) is 13.2. The first kappa shape index (κ1) is 12.3. The van der Waals surface area contributed by atoms with Crippen molar-refractivity contribution in [3.63, 3.8) is 0 Å². The minimum Gasteiger partial charge on any atom is -0.610 e. The highest BCUT2D eigenvalue weighted by Crippen LogP contribution is 2.31. The van der Waals surface area contributed by atoms with E-state index in [1.54, 1.807) is 19.6 Å². The lowest BCUT2D eigenvalue weighted by Gasteiger charge is -2.02. The van der Waals surface area contributed by atoms with Crippen LogP contribution in [0.5, 0.6) is 0 Å². The maximum Gasteiger partial charge on any atom is 0.303 e. The standard InChI is InChI=1S/C9H9BrN2O2S2/c1-14-4-5-6(10)3-11-8-7(5)15-9(12-8)16(2)13/h3H,4H2,1-2H3. The van der Waals surface area contributed by atoms with E-state index in [4.69, 9.17) is 4.74 Å². The van der Waals surface area contributed by atoms with Crippen LogP contribution in [0.25, 0.3) is 10.3 Å². The SMILES string of the molecule is COCc1c(Br)cnc2nc([S+](C)[O-])sc12. The van der Waals surface area contributed by atoms with Crippen LogP contribution in [0.1, 0.15) is 5.56 Å². The molecule has 2 heterocycles. The van der Waals surface area contributed by atoms with Crippen LogP contribution >= 0.6 is 27.3 Å². The van der Waals surface area contributed by atoms with Gasteiger partial charge in [-0.25, -0.2) is 4.98 Å². The van der Waals surface area contributed by atoms with Gasteiger partial charge in [-0.05, 0) is 15.9 Å². The van der Waals surface area contributed by atoms with Crippen LogP contribution in [-0.4, -0.2) is 27.9 Å². The van der Waals surface area contributed by atoms with Gasteiger partial charge in [0.25, 0.3) is 0 Å². The van der Waals surface area contributed by atoms with Crippen LogP contribution in [0.2, 0.25) is 0 Å². The first-order valence-corrected chi connectivity index (χ1v) is 7.56. The van der Waals surface area contributed by atoms with Gasteiger partial charge >= 0.3 is 4.34 Å². The summed E-state index contributed by atoms with van der Waals surface area (Å²) in [5.41, 5.74) is 1.63. The van der Waals surface area contributed by atoms with Crippen molar-refractivity contribution in [1.82, 2.24) is 9.97 Å². The van der Waals surface area contributed by atoms with Gasteiger partial charge in [-0.15, -0.1) is 0 Å². The lowest BCUT2D eigenvalue weighted by Crippen LogP contribution is -1.95. The number of halogens is 1. The second-order valence-electron chi connectivity index (χ2n) is 3.10. The Kier molecular flexibility index (Phi) is 3.81. The summed E-state index contributed by atoms with van der Waals surface area (Å²) in [5, 5.41) is 0. The van der Waals surface area contributed by atoms with E-state index in [0.29, 0.717) is 16.6 Å². The third kappa shape index (κ3) is 2.23. The molecule has 0 radical (unpaired) electrons. The maximum atomic E-state index is 11.4. The van der Waals surface area contributed by atoms with Gasteiger partial charge in [0.1, 0.15) is 6.26 Å². The molecular weight excluding hydrogens is 312 g/mol. The van der Waals surface area contributed by atoms with Crippen LogP contribution in [0.3, 0.4) is 0 Å². The number of rotatable bonds is 3. The van der Waals surface area contributed by atoms with Crippen molar-refractivity contribution >= 4 is 48.8 Å². The van der Waals surface area contributed by atoms with Gasteiger partial charge in [0, 0.05) is 34.5 Å². The number of pyridine rings is 1. The molecule has 2 rings (SSSR count). The number of aromatic nitrogens is 2. The first-order chi connectivity index (χ1) is 7.63. The molecule has 0 aliphatic rings. The summed E-state index contributed by atoms with van der Waals surface area (Å²) in [6.07, 6.45) is 3.31. The summed E-state index contributed by atoms with van der Waals surface area (Å²) in [7, 11) is 1.64. The molecule has 7 heteroatoms. The fourth-order valence-electron chi connectivity index (χ4n) is 1.28. The Morgan fingerprint density at radius 1 is 1.62 bits per heavy atom. The molecule has 0 N–H and O–H groups in total. The van der Waals surface area contributed by atoms with E-state index >= 15 is 0 Å². The van der Waals surface area contributed by atoms with Gasteiger partial charge in [0.2, 0.25) is 0 Å². The second kappa shape index (κ2) is 4.97. The minimum atomic E-state index is -1.07. The highest BCUT2D eigenvalue weighted by molar-refractivity contribution is 9.10. The molecular formula is C9H9BrN2O2S2.